The van der Waals surface area contributed by atoms with Crippen LogP contribution in [0.4, 0.5) is 11.8 Å². The van der Waals surface area contributed by atoms with Crippen LogP contribution in [0.1, 0.15) is 0 Å². The van der Waals surface area contributed by atoms with Gasteiger partial charge in [0, 0.05) is 31.6 Å². The average molecular weight is 300 g/mol. The first-order chi connectivity index (χ1) is 10.9. The SMILES string of the molecule is c1ccc2c(N3CCOCC3)nc(N3CCOCC3)nc2c1. The van der Waals surface area contributed by atoms with E-state index in [1.54, 1.807) is 0 Å². The molecular formula is C16H20N4O2. The summed E-state index contributed by atoms with van der Waals surface area (Å²) in [7, 11) is 0. The minimum Gasteiger partial charge on any atom is -0.378 e. The number of aromatic nitrogens is 2. The van der Waals surface area contributed by atoms with Crippen molar-refractivity contribution in [3.05, 3.63) is 24.3 Å². The largest absolute Gasteiger partial charge is 0.378 e. The third-order valence-electron chi connectivity index (χ3n) is 4.18. The number of ether oxygens (including phenoxy) is 2. The van der Waals surface area contributed by atoms with E-state index in [-0.39, 0.29) is 0 Å². The maximum absolute atomic E-state index is 5.47. The highest BCUT2D eigenvalue weighted by Crippen LogP contribution is 2.27. The standard InChI is InChI=1S/C16H20N4O2/c1-2-4-14-13(3-1)15(19-5-9-21-10-6-19)18-16(17-14)20-7-11-22-12-8-20/h1-4H,5-12H2. The summed E-state index contributed by atoms with van der Waals surface area (Å²) in [5.41, 5.74) is 1.00. The highest BCUT2D eigenvalue weighted by molar-refractivity contribution is 5.90. The molecule has 4 rings (SSSR count). The van der Waals surface area contributed by atoms with E-state index in [2.05, 4.69) is 21.9 Å². The molecule has 0 amide bonds. The molecule has 1 aromatic heterocycles. The maximum atomic E-state index is 5.47. The number of benzene rings is 1. The lowest BCUT2D eigenvalue weighted by molar-refractivity contribution is 0.121. The number of rotatable bonds is 2. The van der Waals surface area contributed by atoms with E-state index >= 15 is 0 Å². The lowest BCUT2D eigenvalue weighted by Crippen LogP contribution is -2.39. The number of para-hydroxylation sites is 1. The van der Waals surface area contributed by atoms with Crippen LogP contribution in [0, 0.1) is 0 Å². The molecule has 6 nitrogen and oxygen atoms in total. The molecule has 116 valence electrons. The van der Waals surface area contributed by atoms with Crippen LogP contribution in [0.15, 0.2) is 24.3 Å². The fourth-order valence-corrected chi connectivity index (χ4v) is 2.97. The first-order valence-electron chi connectivity index (χ1n) is 7.84. The van der Waals surface area contributed by atoms with E-state index in [0.29, 0.717) is 0 Å². The summed E-state index contributed by atoms with van der Waals surface area (Å²) < 4.78 is 10.9. The van der Waals surface area contributed by atoms with Crippen LogP contribution >= 0.6 is 0 Å². The minimum absolute atomic E-state index is 0.739. The first-order valence-corrected chi connectivity index (χ1v) is 7.84. The Morgan fingerprint density at radius 1 is 0.773 bits per heavy atom. The highest BCUT2D eigenvalue weighted by Gasteiger charge is 2.20. The molecule has 1 aromatic carbocycles. The second-order valence-corrected chi connectivity index (χ2v) is 5.56. The van der Waals surface area contributed by atoms with Crippen LogP contribution in [-0.2, 0) is 9.47 Å². The number of anilines is 2. The van der Waals surface area contributed by atoms with Gasteiger partial charge in [-0.15, -0.1) is 0 Å². The molecule has 0 unspecified atom stereocenters. The molecule has 3 heterocycles. The molecule has 0 atom stereocenters. The Morgan fingerprint density at radius 2 is 1.41 bits per heavy atom. The van der Waals surface area contributed by atoms with Gasteiger partial charge < -0.3 is 19.3 Å². The zero-order valence-electron chi connectivity index (χ0n) is 12.6. The first kappa shape index (κ1) is 13.7. The molecule has 0 N–H and O–H groups in total. The van der Waals surface area contributed by atoms with Crippen molar-refractivity contribution in [3.63, 3.8) is 0 Å². The highest BCUT2D eigenvalue weighted by atomic mass is 16.5. The van der Waals surface area contributed by atoms with Gasteiger partial charge in [-0.05, 0) is 12.1 Å². The van der Waals surface area contributed by atoms with Crippen molar-refractivity contribution in [2.24, 2.45) is 0 Å². The van der Waals surface area contributed by atoms with Gasteiger partial charge in [0.05, 0.1) is 31.9 Å². The number of hydrogen-bond donors (Lipinski definition) is 0. The Hall–Kier alpha value is -1.92. The summed E-state index contributed by atoms with van der Waals surface area (Å²) in [6.07, 6.45) is 0. The summed E-state index contributed by atoms with van der Waals surface area (Å²) in [5, 5.41) is 1.11. The van der Waals surface area contributed by atoms with Crippen LogP contribution in [-0.4, -0.2) is 62.6 Å². The van der Waals surface area contributed by atoms with Crippen LogP contribution in [0.25, 0.3) is 10.9 Å². The molecule has 0 radical (unpaired) electrons. The number of hydrogen-bond acceptors (Lipinski definition) is 6. The lowest BCUT2D eigenvalue weighted by Gasteiger charge is -2.31. The summed E-state index contributed by atoms with van der Waals surface area (Å²) >= 11 is 0. The minimum atomic E-state index is 0.739. The van der Waals surface area contributed by atoms with Crippen molar-refractivity contribution >= 4 is 22.7 Å². The fourth-order valence-electron chi connectivity index (χ4n) is 2.97. The summed E-state index contributed by atoms with van der Waals surface area (Å²) in [5.74, 6) is 1.83. The smallest absolute Gasteiger partial charge is 0.228 e. The van der Waals surface area contributed by atoms with E-state index in [9.17, 15) is 0 Å². The monoisotopic (exact) mass is 300 g/mol. The van der Waals surface area contributed by atoms with E-state index in [1.807, 2.05) is 12.1 Å². The molecule has 2 fully saturated rings. The number of fused-ring (bicyclic) bond motifs is 1. The molecule has 22 heavy (non-hydrogen) atoms. The summed E-state index contributed by atoms with van der Waals surface area (Å²) in [6.45, 7) is 6.44. The molecule has 2 aliphatic rings. The molecule has 0 aliphatic carbocycles. The van der Waals surface area contributed by atoms with Gasteiger partial charge in [-0.1, -0.05) is 12.1 Å². The van der Waals surface area contributed by atoms with Crippen LogP contribution < -0.4 is 9.80 Å². The lowest BCUT2D eigenvalue weighted by atomic mass is 10.2. The van der Waals surface area contributed by atoms with Crippen LogP contribution in [0.3, 0.4) is 0 Å². The van der Waals surface area contributed by atoms with Crippen molar-refractivity contribution in [1.29, 1.82) is 0 Å². The molecule has 2 aromatic rings. The van der Waals surface area contributed by atoms with Crippen molar-refractivity contribution < 1.29 is 9.47 Å². The van der Waals surface area contributed by atoms with Gasteiger partial charge in [0.25, 0.3) is 0 Å². The molecule has 2 saturated heterocycles. The molecule has 6 heteroatoms. The van der Waals surface area contributed by atoms with E-state index in [1.165, 1.54) is 0 Å². The maximum Gasteiger partial charge on any atom is 0.228 e. The van der Waals surface area contributed by atoms with Crippen molar-refractivity contribution in [1.82, 2.24) is 9.97 Å². The Morgan fingerprint density at radius 3 is 2.14 bits per heavy atom. The zero-order valence-corrected chi connectivity index (χ0v) is 12.6. The average Bonchev–Trinajstić information content (AvgIpc) is 2.62. The molecule has 0 bridgehead atoms. The van der Waals surface area contributed by atoms with E-state index in [4.69, 9.17) is 19.4 Å². The van der Waals surface area contributed by atoms with E-state index in [0.717, 1.165) is 75.3 Å². The van der Waals surface area contributed by atoms with Crippen LogP contribution in [0.2, 0.25) is 0 Å². The fraction of sp³-hybridized carbons (Fsp3) is 0.500. The summed E-state index contributed by atoms with van der Waals surface area (Å²) in [6, 6.07) is 8.24. The molecule has 2 aliphatic heterocycles. The number of morpholine rings is 2. The van der Waals surface area contributed by atoms with Gasteiger partial charge in [-0.3, -0.25) is 0 Å². The van der Waals surface area contributed by atoms with Gasteiger partial charge in [0.15, 0.2) is 0 Å². The Balaban J connectivity index is 1.78. The van der Waals surface area contributed by atoms with E-state index < -0.39 is 0 Å². The van der Waals surface area contributed by atoms with Crippen LogP contribution in [0.5, 0.6) is 0 Å². The zero-order chi connectivity index (χ0) is 14.8. The normalized spacial score (nSPS) is 19.6. The van der Waals surface area contributed by atoms with Gasteiger partial charge in [0.2, 0.25) is 5.95 Å². The predicted molar refractivity (Wildman–Crippen MR) is 85.6 cm³/mol. The molecule has 0 saturated carbocycles. The third-order valence-corrected chi connectivity index (χ3v) is 4.18. The second-order valence-electron chi connectivity index (χ2n) is 5.56. The number of nitrogens with zero attached hydrogens (tertiary/aromatic N) is 4. The van der Waals surface area contributed by atoms with Gasteiger partial charge in [-0.25, -0.2) is 4.98 Å². The van der Waals surface area contributed by atoms with Gasteiger partial charge >= 0.3 is 0 Å². The summed E-state index contributed by atoms with van der Waals surface area (Å²) in [4.78, 5) is 14.1. The Labute approximate surface area is 129 Å². The molecular weight excluding hydrogens is 280 g/mol. The third kappa shape index (κ3) is 2.60. The van der Waals surface area contributed by atoms with Crippen molar-refractivity contribution in [3.8, 4) is 0 Å². The topological polar surface area (TPSA) is 50.7 Å². The predicted octanol–water partition coefficient (Wildman–Crippen LogP) is 1.30. The van der Waals surface area contributed by atoms with Crippen molar-refractivity contribution in [2.45, 2.75) is 0 Å². The Bertz CT molecular complexity index is 652. The second kappa shape index (κ2) is 6.06. The van der Waals surface area contributed by atoms with Gasteiger partial charge in [-0.2, -0.15) is 4.98 Å². The Kier molecular flexibility index (Phi) is 3.78. The van der Waals surface area contributed by atoms with Crippen molar-refractivity contribution in [2.75, 3.05) is 62.4 Å². The molecule has 0 spiro atoms. The van der Waals surface area contributed by atoms with Gasteiger partial charge in [0.1, 0.15) is 5.82 Å². The quantitative estimate of drug-likeness (QED) is 0.833.